The lowest BCUT2D eigenvalue weighted by Gasteiger charge is -2.11. The van der Waals surface area contributed by atoms with Gasteiger partial charge in [-0.15, -0.1) is 0 Å². The number of hydrogen-bond acceptors (Lipinski definition) is 3. The largest absolute Gasteiger partial charge is 0.331 e. The molecule has 0 spiro atoms. The van der Waals surface area contributed by atoms with Crippen molar-refractivity contribution in [3.63, 3.8) is 0 Å². The summed E-state index contributed by atoms with van der Waals surface area (Å²) in [5, 5.41) is 0. The molecule has 1 aromatic carbocycles. The minimum atomic E-state index is -0.186. The van der Waals surface area contributed by atoms with Crippen LogP contribution in [0.3, 0.4) is 0 Å². The van der Waals surface area contributed by atoms with Gasteiger partial charge in [-0.05, 0) is 11.1 Å². The Labute approximate surface area is 112 Å². The van der Waals surface area contributed by atoms with Gasteiger partial charge >= 0.3 is 0 Å². The highest BCUT2D eigenvalue weighted by molar-refractivity contribution is 5.78. The van der Waals surface area contributed by atoms with Crippen LogP contribution in [0.1, 0.15) is 23.9 Å². The molecule has 2 aromatic rings. The topological polar surface area (TPSA) is 72.9 Å². The Hall–Kier alpha value is -2.14. The molecule has 0 aliphatic rings. The van der Waals surface area contributed by atoms with Crippen molar-refractivity contribution in [3.8, 4) is 0 Å². The van der Waals surface area contributed by atoms with Crippen LogP contribution in [-0.2, 0) is 24.2 Å². The number of rotatable bonds is 5. The van der Waals surface area contributed by atoms with Gasteiger partial charge in [-0.25, -0.2) is 10.8 Å². The second kappa shape index (κ2) is 6.15. The molecule has 0 saturated carbocycles. The van der Waals surface area contributed by atoms with E-state index in [-0.39, 0.29) is 5.91 Å². The van der Waals surface area contributed by atoms with E-state index in [1.807, 2.05) is 30.5 Å². The van der Waals surface area contributed by atoms with Gasteiger partial charge in [0.05, 0.1) is 6.42 Å². The number of nitrogens with two attached hydrogens (primary N) is 1. The van der Waals surface area contributed by atoms with Gasteiger partial charge in [0, 0.05) is 25.4 Å². The predicted octanol–water partition coefficient (Wildman–Crippen LogP) is 1.03. The maximum atomic E-state index is 11.4. The first-order chi connectivity index (χ1) is 9.24. The molecule has 0 unspecified atom stereocenters. The smallest absolute Gasteiger partial charge is 0.238 e. The second-order valence-electron chi connectivity index (χ2n) is 4.34. The number of amides is 1. The fourth-order valence-electron chi connectivity index (χ4n) is 2.09. The Bertz CT molecular complexity index is 562. The van der Waals surface area contributed by atoms with Crippen molar-refractivity contribution in [2.75, 3.05) is 0 Å². The van der Waals surface area contributed by atoms with Crippen LogP contribution in [0.15, 0.2) is 36.7 Å². The lowest BCUT2D eigenvalue weighted by Crippen LogP contribution is -2.31. The number of nitrogens with zero attached hydrogens (tertiary/aromatic N) is 2. The van der Waals surface area contributed by atoms with E-state index in [2.05, 4.69) is 21.9 Å². The Kier molecular flexibility index (Phi) is 4.30. The lowest BCUT2D eigenvalue weighted by molar-refractivity contribution is -0.120. The van der Waals surface area contributed by atoms with Crippen LogP contribution < -0.4 is 11.3 Å². The van der Waals surface area contributed by atoms with Gasteiger partial charge in [-0.2, -0.15) is 0 Å². The van der Waals surface area contributed by atoms with Crippen molar-refractivity contribution in [2.45, 2.75) is 26.3 Å². The van der Waals surface area contributed by atoms with Gasteiger partial charge < -0.3 is 4.57 Å². The van der Waals surface area contributed by atoms with E-state index < -0.39 is 0 Å². The Morgan fingerprint density at radius 3 is 2.79 bits per heavy atom. The molecule has 1 aromatic heterocycles. The quantitative estimate of drug-likeness (QED) is 0.478. The molecule has 3 N–H and O–H groups in total. The van der Waals surface area contributed by atoms with Gasteiger partial charge in [0.2, 0.25) is 5.91 Å². The van der Waals surface area contributed by atoms with Crippen molar-refractivity contribution in [1.29, 1.82) is 0 Å². The molecule has 0 atom stereocenters. The minimum absolute atomic E-state index is 0.186. The fourth-order valence-corrected chi connectivity index (χ4v) is 2.09. The normalized spacial score (nSPS) is 10.4. The number of carbonyl (C=O) groups is 1. The van der Waals surface area contributed by atoms with Gasteiger partial charge in [0.15, 0.2) is 0 Å². The third kappa shape index (κ3) is 3.20. The average Bonchev–Trinajstić information content (AvgIpc) is 2.88. The van der Waals surface area contributed by atoms with Crippen molar-refractivity contribution >= 4 is 5.91 Å². The van der Waals surface area contributed by atoms with Crippen LogP contribution in [0.5, 0.6) is 0 Å². The summed E-state index contributed by atoms with van der Waals surface area (Å²) in [5.74, 6) is 5.99. The highest BCUT2D eigenvalue weighted by atomic mass is 16.2. The van der Waals surface area contributed by atoms with Crippen LogP contribution in [0.4, 0.5) is 0 Å². The molecule has 100 valence electrons. The van der Waals surface area contributed by atoms with Crippen molar-refractivity contribution in [1.82, 2.24) is 15.0 Å². The van der Waals surface area contributed by atoms with E-state index >= 15 is 0 Å². The first-order valence-electron chi connectivity index (χ1n) is 6.30. The Balaban J connectivity index is 2.22. The van der Waals surface area contributed by atoms with E-state index in [9.17, 15) is 4.79 Å². The molecule has 0 aliphatic carbocycles. The highest BCUT2D eigenvalue weighted by Crippen LogP contribution is 2.13. The van der Waals surface area contributed by atoms with E-state index in [0.29, 0.717) is 6.42 Å². The summed E-state index contributed by atoms with van der Waals surface area (Å²) in [4.78, 5) is 15.7. The maximum Gasteiger partial charge on any atom is 0.238 e. The first-order valence-corrected chi connectivity index (χ1v) is 6.30. The second-order valence-corrected chi connectivity index (χ2v) is 4.34. The number of benzene rings is 1. The molecule has 1 heterocycles. The van der Waals surface area contributed by atoms with Crippen LogP contribution in [0.25, 0.3) is 0 Å². The number of hydrogen-bond donors (Lipinski definition) is 2. The van der Waals surface area contributed by atoms with E-state index in [1.165, 1.54) is 0 Å². The molecule has 2 rings (SSSR count). The van der Waals surface area contributed by atoms with Crippen molar-refractivity contribution in [2.24, 2.45) is 5.84 Å². The van der Waals surface area contributed by atoms with E-state index in [4.69, 9.17) is 5.84 Å². The standard InChI is InChI=1S/C14H18N4O/c1-2-13-16-7-8-18(13)10-12-6-4-3-5-11(12)9-14(19)17-15/h3-8H,2,9-10,15H2,1H3,(H,17,19). The monoisotopic (exact) mass is 258 g/mol. The van der Waals surface area contributed by atoms with Gasteiger partial charge in [0.1, 0.15) is 5.82 Å². The summed E-state index contributed by atoms with van der Waals surface area (Å²) in [6.45, 7) is 2.80. The van der Waals surface area contributed by atoms with Gasteiger partial charge in [-0.3, -0.25) is 10.2 Å². The lowest BCUT2D eigenvalue weighted by atomic mass is 10.0. The van der Waals surface area contributed by atoms with Crippen LogP contribution in [0, 0.1) is 0 Å². The van der Waals surface area contributed by atoms with E-state index in [1.54, 1.807) is 6.20 Å². The summed E-state index contributed by atoms with van der Waals surface area (Å²) in [5.41, 5.74) is 4.26. The number of hydrazine groups is 1. The highest BCUT2D eigenvalue weighted by Gasteiger charge is 2.08. The summed E-state index contributed by atoms with van der Waals surface area (Å²) >= 11 is 0. The zero-order valence-corrected chi connectivity index (χ0v) is 11.0. The molecule has 0 radical (unpaired) electrons. The number of nitrogens with one attached hydrogen (secondary N) is 1. The van der Waals surface area contributed by atoms with Crippen molar-refractivity contribution < 1.29 is 4.79 Å². The van der Waals surface area contributed by atoms with Gasteiger partial charge in [0.25, 0.3) is 0 Å². The van der Waals surface area contributed by atoms with Crippen LogP contribution in [0.2, 0.25) is 0 Å². The molecule has 0 saturated heterocycles. The molecule has 1 amide bonds. The maximum absolute atomic E-state index is 11.4. The molecule has 19 heavy (non-hydrogen) atoms. The predicted molar refractivity (Wildman–Crippen MR) is 73.2 cm³/mol. The molecular weight excluding hydrogens is 240 g/mol. The summed E-state index contributed by atoms with van der Waals surface area (Å²) in [6.07, 6.45) is 4.94. The zero-order chi connectivity index (χ0) is 13.7. The summed E-state index contributed by atoms with van der Waals surface area (Å²) < 4.78 is 2.10. The van der Waals surface area contributed by atoms with Crippen LogP contribution >= 0.6 is 0 Å². The molecule has 0 bridgehead atoms. The first kappa shape index (κ1) is 13.3. The number of aryl methyl sites for hydroxylation is 1. The number of aromatic nitrogens is 2. The molecule has 0 aliphatic heterocycles. The molecular formula is C14H18N4O. The SMILES string of the molecule is CCc1nccn1Cc1ccccc1CC(=O)NN. The Morgan fingerprint density at radius 1 is 1.37 bits per heavy atom. The molecule has 0 fully saturated rings. The summed E-state index contributed by atoms with van der Waals surface area (Å²) in [7, 11) is 0. The fraction of sp³-hybridized carbons (Fsp3) is 0.286. The molecule has 5 nitrogen and oxygen atoms in total. The third-order valence-electron chi connectivity index (χ3n) is 3.09. The van der Waals surface area contributed by atoms with Crippen molar-refractivity contribution in [3.05, 3.63) is 53.6 Å². The number of carbonyl (C=O) groups excluding carboxylic acids is 1. The minimum Gasteiger partial charge on any atom is -0.331 e. The number of imidazole rings is 1. The Morgan fingerprint density at radius 2 is 2.11 bits per heavy atom. The average molecular weight is 258 g/mol. The zero-order valence-electron chi connectivity index (χ0n) is 11.0. The van der Waals surface area contributed by atoms with E-state index in [0.717, 1.165) is 29.9 Å². The summed E-state index contributed by atoms with van der Waals surface area (Å²) in [6, 6.07) is 7.88. The third-order valence-corrected chi connectivity index (χ3v) is 3.09. The van der Waals surface area contributed by atoms with Gasteiger partial charge in [-0.1, -0.05) is 31.2 Å². The van der Waals surface area contributed by atoms with Crippen LogP contribution in [-0.4, -0.2) is 15.5 Å². The molecule has 5 heteroatoms.